The van der Waals surface area contributed by atoms with Gasteiger partial charge in [0.15, 0.2) is 5.96 Å². The normalized spacial score (nSPS) is 21.7. The van der Waals surface area contributed by atoms with E-state index in [-0.39, 0.29) is 88.7 Å². The van der Waals surface area contributed by atoms with Crippen molar-refractivity contribution in [3.05, 3.63) is 108 Å². The van der Waals surface area contributed by atoms with E-state index in [4.69, 9.17) is 22.9 Å². The smallest absolute Gasteiger partial charge is 0.243 e. The summed E-state index contributed by atoms with van der Waals surface area (Å²) in [6, 6.07) is 11.1. The number of primary amides is 1. The summed E-state index contributed by atoms with van der Waals surface area (Å²) in [5, 5.41) is 25.0. The third-order valence-corrected chi connectivity index (χ3v) is 15.3. The number of benzene rings is 3. The number of aliphatic imine (C=N–C) groups is 1. The molecule has 3 aromatic heterocycles. The van der Waals surface area contributed by atoms with Crippen molar-refractivity contribution < 1.29 is 43.2 Å². The Labute approximate surface area is 504 Å². The van der Waals surface area contributed by atoms with Gasteiger partial charge >= 0.3 is 0 Å². The summed E-state index contributed by atoms with van der Waals surface area (Å²) in [6.07, 6.45) is 5.08. The van der Waals surface area contributed by atoms with Gasteiger partial charge in [0.25, 0.3) is 0 Å². The van der Waals surface area contributed by atoms with Crippen LogP contribution in [0, 0.1) is 11.8 Å². The number of unbranched alkanes of at least 4 members (excludes halogenated alkanes) is 1. The number of rotatable bonds is 21. The number of aromatic nitrogens is 3. The molecule has 25 nitrogen and oxygen atoms in total. The van der Waals surface area contributed by atoms with Gasteiger partial charge in [-0.05, 0) is 105 Å². The van der Waals surface area contributed by atoms with E-state index < -0.39 is 108 Å². The summed E-state index contributed by atoms with van der Waals surface area (Å²) in [5.41, 5.74) is 27.0. The van der Waals surface area contributed by atoms with Crippen LogP contribution in [0.5, 0.6) is 0 Å². The number of para-hydroxylation sites is 3. The Balaban J connectivity index is 1.34. The quantitative estimate of drug-likeness (QED) is 0.0278. The van der Waals surface area contributed by atoms with E-state index in [1.165, 1.54) is 0 Å². The van der Waals surface area contributed by atoms with Crippen LogP contribution in [0.1, 0.15) is 102 Å². The Morgan fingerprint density at radius 2 is 0.736 bits per heavy atom. The van der Waals surface area contributed by atoms with Crippen LogP contribution >= 0.6 is 0 Å². The van der Waals surface area contributed by atoms with E-state index in [2.05, 4.69) is 62.5 Å². The first kappa shape index (κ1) is 65.3. The number of nitrogens with two attached hydrogens (primary N) is 4. The third-order valence-electron chi connectivity index (χ3n) is 15.3. The SMILES string of the molecule is CC(C)C[C@H]1NC(=O)[C@H](Cc2c[nH]c3ccccc23)NC(=O)[C@@H](CCCN=C(N)N)NC(=O)[C@H](CCC(N)=O)NC(=O)[C@@H](CCCCN)NC(=O)[C@H](Cc2c[nH]c3ccccc23)NC(=O)[C@@H](CC(C)C)NC(=O)[C@H](Cc2c[nH]c3ccccc23)NC1=O. The van der Waals surface area contributed by atoms with Gasteiger partial charge in [0.1, 0.15) is 48.3 Å². The molecule has 1 saturated heterocycles. The van der Waals surface area contributed by atoms with Gasteiger partial charge in [-0.1, -0.05) is 82.3 Å². The molecule has 1 aliphatic rings. The van der Waals surface area contributed by atoms with Crippen molar-refractivity contribution in [2.45, 2.75) is 153 Å². The lowest BCUT2D eigenvalue weighted by molar-refractivity contribution is -0.137. The first-order valence-electron chi connectivity index (χ1n) is 29.8. The van der Waals surface area contributed by atoms with Gasteiger partial charge < -0.3 is 80.4 Å². The van der Waals surface area contributed by atoms with Crippen molar-refractivity contribution in [1.82, 2.24) is 57.5 Å². The van der Waals surface area contributed by atoms with E-state index in [1.54, 1.807) is 18.6 Å². The second-order valence-electron chi connectivity index (χ2n) is 23.2. The fourth-order valence-electron chi connectivity index (χ4n) is 10.9. The maximum absolute atomic E-state index is 15.1. The lowest BCUT2D eigenvalue weighted by Crippen LogP contribution is -2.62. The van der Waals surface area contributed by atoms with Gasteiger partial charge in [0.2, 0.25) is 53.2 Å². The zero-order valence-electron chi connectivity index (χ0n) is 49.8. The monoisotopic (exact) mass is 1200 g/mol. The summed E-state index contributed by atoms with van der Waals surface area (Å²) in [6.45, 7) is 7.69. The minimum Gasteiger partial charge on any atom is -0.370 e. The molecule has 25 heteroatoms. The predicted molar refractivity (Wildman–Crippen MR) is 332 cm³/mol. The second kappa shape index (κ2) is 31.2. The number of amides is 9. The van der Waals surface area contributed by atoms with Crippen molar-refractivity contribution in [1.29, 1.82) is 0 Å². The van der Waals surface area contributed by atoms with Crippen LogP contribution in [0.4, 0.5) is 0 Å². The molecule has 4 heterocycles. The van der Waals surface area contributed by atoms with Crippen molar-refractivity contribution in [2.24, 2.45) is 39.8 Å². The molecule has 0 radical (unpaired) electrons. The highest BCUT2D eigenvalue weighted by Crippen LogP contribution is 2.24. The van der Waals surface area contributed by atoms with E-state index >= 15 is 14.4 Å². The van der Waals surface area contributed by atoms with Gasteiger partial charge in [-0.25, -0.2) is 0 Å². The van der Waals surface area contributed by atoms with Crippen LogP contribution in [0.3, 0.4) is 0 Å². The highest BCUT2D eigenvalue weighted by Gasteiger charge is 2.37. The Morgan fingerprint density at radius 1 is 0.425 bits per heavy atom. The molecular weight excluding hydrogens is 1110 g/mol. The molecule has 87 heavy (non-hydrogen) atoms. The molecule has 19 N–H and O–H groups in total. The highest BCUT2D eigenvalue weighted by molar-refractivity contribution is 6.00. The van der Waals surface area contributed by atoms with Crippen molar-refractivity contribution in [3.8, 4) is 0 Å². The first-order valence-corrected chi connectivity index (χ1v) is 29.8. The Morgan fingerprint density at radius 3 is 1.08 bits per heavy atom. The number of nitrogens with one attached hydrogen (secondary N) is 11. The fourth-order valence-corrected chi connectivity index (χ4v) is 10.9. The summed E-state index contributed by atoms with van der Waals surface area (Å²) < 4.78 is 0. The van der Waals surface area contributed by atoms with Crippen molar-refractivity contribution in [2.75, 3.05) is 13.1 Å². The fraction of sp³-hybridized carbons (Fsp3) is 0.452. The van der Waals surface area contributed by atoms with E-state index in [0.29, 0.717) is 29.5 Å². The molecule has 0 aliphatic carbocycles. The van der Waals surface area contributed by atoms with Crippen LogP contribution in [0.15, 0.2) is 96.4 Å². The second-order valence-corrected chi connectivity index (χ2v) is 23.2. The molecule has 1 fully saturated rings. The van der Waals surface area contributed by atoms with Gasteiger partial charge in [0, 0.05) is 83.5 Å². The van der Waals surface area contributed by atoms with Gasteiger partial charge in [0.05, 0.1) is 0 Å². The minimum absolute atomic E-state index is 0.00990. The summed E-state index contributed by atoms with van der Waals surface area (Å²) in [4.78, 5) is 146. The van der Waals surface area contributed by atoms with Crippen molar-refractivity contribution in [3.63, 3.8) is 0 Å². The number of hydrogen-bond donors (Lipinski definition) is 15. The molecule has 0 saturated carbocycles. The average molecular weight is 1200 g/mol. The summed E-state index contributed by atoms with van der Waals surface area (Å²) in [7, 11) is 0. The standard InChI is InChI=1S/C62H84N16O9/c1-34(2)26-48-57(83)77-50(28-36-31-68-42-17-8-5-14-39(36)42)59(85)72-45(20-11-12-24-63)54(80)73-47(22-23-53(64)79)56(82)71-46(21-13-25-67-62(65)66)55(81)76-51(29-37-32-69-43-18-9-6-15-40(37)43)60(86)74-49(27-35(3)4)58(84)78-52(61(87)75-48)30-38-33-70-44-19-10-7-16-41(38)44/h5-10,14-19,31-35,45-52,68-70H,11-13,20-30,63H2,1-4H3,(H2,64,79)(H,71,82)(H,72,85)(H,73,80)(H,74,86)(H,75,87)(H,76,81)(H,77,83)(H,78,84)(H4,65,66,67)/t45-,46-,47+,48-,49-,50+,51+,52+/m1/s1. The molecule has 0 bridgehead atoms. The predicted octanol–water partition coefficient (Wildman–Crippen LogP) is 1.59. The van der Waals surface area contributed by atoms with Crippen LogP contribution in [-0.4, -0.2) is 136 Å². The molecule has 8 atom stereocenters. The number of aromatic amines is 3. The zero-order valence-corrected chi connectivity index (χ0v) is 49.8. The highest BCUT2D eigenvalue weighted by atomic mass is 16.2. The number of guanidine groups is 1. The zero-order chi connectivity index (χ0) is 62.7. The molecule has 7 rings (SSSR count). The van der Waals surface area contributed by atoms with E-state index in [9.17, 15) is 28.8 Å². The molecule has 9 amide bonds. The molecule has 0 spiro atoms. The summed E-state index contributed by atoms with van der Waals surface area (Å²) >= 11 is 0. The first-order chi connectivity index (χ1) is 41.7. The maximum atomic E-state index is 15.1. The average Bonchev–Trinajstić information content (AvgIpc) is 2.86. The number of carbonyl (C=O) groups is 9. The van der Waals surface area contributed by atoms with E-state index in [0.717, 1.165) is 32.7 Å². The van der Waals surface area contributed by atoms with E-state index in [1.807, 2.05) is 100 Å². The van der Waals surface area contributed by atoms with Crippen molar-refractivity contribution >= 4 is 91.8 Å². The van der Waals surface area contributed by atoms with Gasteiger partial charge in [-0.15, -0.1) is 0 Å². The van der Waals surface area contributed by atoms with Crippen LogP contribution in [-0.2, 0) is 62.4 Å². The molecule has 6 aromatic rings. The van der Waals surface area contributed by atoms with Crippen LogP contribution < -0.4 is 65.5 Å². The van der Waals surface area contributed by atoms with Crippen LogP contribution in [0.2, 0.25) is 0 Å². The topological polar surface area (TPSA) is 414 Å². The van der Waals surface area contributed by atoms with Gasteiger partial charge in [-0.2, -0.15) is 0 Å². The third kappa shape index (κ3) is 18.6. The number of nitrogens with zero attached hydrogens (tertiary/aromatic N) is 1. The Hall–Kier alpha value is -9.26. The molecular formula is C62H84N16O9. The number of fused-ring (bicyclic) bond motifs is 3. The lowest BCUT2D eigenvalue weighted by atomic mass is 9.98. The number of carbonyl (C=O) groups excluding carboxylic acids is 9. The number of hydrogen-bond acceptors (Lipinski definition) is 11. The molecule has 3 aromatic carbocycles. The minimum atomic E-state index is -1.53. The lowest BCUT2D eigenvalue weighted by Gasteiger charge is -2.30. The number of H-pyrrole nitrogens is 3. The Kier molecular flexibility index (Phi) is 23.4. The maximum Gasteiger partial charge on any atom is 0.243 e. The molecule has 466 valence electrons. The summed E-state index contributed by atoms with van der Waals surface area (Å²) in [5.74, 6) is -7.81. The molecule has 1 aliphatic heterocycles. The largest absolute Gasteiger partial charge is 0.370 e. The van der Waals surface area contributed by atoms with Crippen LogP contribution in [0.25, 0.3) is 32.7 Å². The van der Waals surface area contributed by atoms with Gasteiger partial charge in [-0.3, -0.25) is 48.1 Å². The molecule has 0 unspecified atom stereocenters. The Bertz CT molecular complexity index is 3420.